The molecule has 0 fully saturated rings. The molecule has 2 radical (unpaired) electrons. The second-order valence-electron chi connectivity index (χ2n) is 2.09. The van der Waals surface area contributed by atoms with Gasteiger partial charge >= 0.3 is 5.97 Å². The van der Waals surface area contributed by atoms with Gasteiger partial charge in [0.2, 0.25) is 0 Å². The van der Waals surface area contributed by atoms with Crippen LogP contribution in [0.15, 0.2) is 30.3 Å². The fraction of sp³-hybridized carbons (Fsp3) is 0.222. The minimum atomic E-state index is -0.256. The molecule has 0 saturated heterocycles. The number of carbonyl (C=O) groups excluding carboxylic acids is 1. The summed E-state index contributed by atoms with van der Waals surface area (Å²) in [5, 5.41) is 0. The minimum Gasteiger partial charge on any atom is -0.462 e. The molecule has 0 unspecified atom stereocenters. The minimum absolute atomic E-state index is 0. The van der Waals surface area contributed by atoms with Gasteiger partial charge in [0, 0.05) is 48.9 Å². The van der Waals surface area contributed by atoms with E-state index in [-0.39, 0.29) is 54.9 Å². The van der Waals surface area contributed by atoms with Crippen molar-refractivity contribution in [3.63, 3.8) is 0 Å². The van der Waals surface area contributed by atoms with Crippen LogP contribution >= 0.6 is 0 Å². The van der Waals surface area contributed by atoms with Crippen LogP contribution in [0.1, 0.15) is 17.3 Å². The molecule has 3 heteroatoms. The zero-order valence-electron chi connectivity index (χ0n) is 7.12. The van der Waals surface area contributed by atoms with Gasteiger partial charge in [-0.1, -0.05) is 18.2 Å². The first kappa shape index (κ1) is 12.3. The van der Waals surface area contributed by atoms with Gasteiger partial charge in [-0.2, -0.15) is 0 Å². The van der Waals surface area contributed by atoms with E-state index in [1.165, 1.54) is 0 Å². The van der Waals surface area contributed by atoms with Crippen LogP contribution in [0.5, 0.6) is 0 Å². The van der Waals surface area contributed by atoms with Gasteiger partial charge in [0.25, 0.3) is 0 Å². The Hall–Kier alpha value is 0.261. The smallest absolute Gasteiger partial charge is 0.338 e. The van der Waals surface area contributed by atoms with Crippen molar-refractivity contribution in [1.29, 1.82) is 0 Å². The monoisotopic (exact) mass is 288 g/mol. The van der Waals surface area contributed by atoms with Crippen LogP contribution in [0.25, 0.3) is 0 Å². The predicted octanol–water partition coefficient (Wildman–Crippen LogP) is 1.48. The van der Waals surface area contributed by atoms with Gasteiger partial charge < -0.3 is 4.74 Å². The molecule has 0 saturated carbocycles. The fourth-order valence-corrected chi connectivity index (χ4v) is 0.789. The molecule has 1 rings (SSSR count). The Morgan fingerprint density at radius 1 is 1.33 bits per heavy atom. The molecule has 0 atom stereocenters. The third-order valence-corrected chi connectivity index (χ3v) is 1.28. The summed E-state index contributed by atoms with van der Waals surface area (Å²) in [7, 11) is 0. The van der Waals surface area contributed by atoms with E-state index in [0.29, 0.717) is 12.2 Å². The number of rotatable bonds is 2. The second-order valence-corrected chi connectivity index (χ2v) is 2.09. The Balaban J connectivity index is 0.00000121. The molecule has 0 amide bonds. The van der Waals surface area contributed by atoms with Crippen LogP contribution in [-0.4, -0.2) is 61.5 Å². The van der Waals surface area contributed by atoms with E-state index < -0.39 is 0 Å². The van der Waals surface area contributed by atoms with Crippen molar-refractivity contribution >= 4 is 54.9 Å². The van der Waals surface area contributed by atoms with E-state index in [2.05, 4.69) is 0 Å². The fourth-order valence-electron chi connectivity index (χ4n) is 0.789. The standard InChI is InChI=1S/C9H10O2.Ba/c1-2-11-9(10)8-6-4-3-5-7-8;/h3-7H,2H2,1H3;. The Kier molecular flexibility index (Phi) is 6.89. The summed E-state index contributed by atoms with van der Waals surface area (Å²) in [6, 6.07) is 8.96. The van der Waals surface area contributed by atoms with Crippen molar-refractivity contribution in [2.75, 3.05) is 6.61 Å². The zero-order chi connectivity index (χ0) is 8.10. The van der Waals surface area contributed by atoms with Gasteiger partial charge in [0.15, 0.2) is 0 Å². The molecule has 1 aromatic rings. The SMILES string of the molecule is CCOC(=O)c1ccccc1.[Ba]. The molecule has 0 heterocycles. The van der Waals surface area contributed by atoms with E-state index in [9.17, 15) is 4.79 Å². The van der Waals surface area contributed by atoms with Crippen LogP contribution in [0.3, 0.4) is 0 Å². The quantitative estimate of drug-likeness (QED) is 0.608. The molecule has 12 heavy (non-hydrogen) atoms. The van der Waals surface area contributed by atoms with Crippen molar-refractivity contribution in [3.05, 3.63) is 35.9 Å². The maximum atomic E-state index is 11.0. The summed E-state index contributed by atoms with van der Waals surface area (Å²) in [6.07, 6.45) is 0. The molecule has 0 N–H and O–H groups in total. The Morgan fingerprint density at radius 3 is 2.42 bits per heavy atom. The molecular weight excluding hydrogens is 277 g/mol. The van der Waals surface area contributed by atoms with Gasteiger partial charge in [0.1, 0.15) is 0 Å². The number of hydrogen-bond acceptors (Lipinski definition) is 2. The molecule has 0 aliphatic carbocycles. The molecule has 0 aliphatic rings. The summed E-state index contributed by atoms with van der Waals surface area (Å²) >= 11 is 0. The molecule has 2 nitrogen and oxygen atoms in total. The van der Waals surface area contributed by atoms with Crippen LogP contribution in [0.4, 0.5) is 0 Å². The second kappa shape index (κ2) is 6.74. The maximum Gasteiger partial charge on any atom is 0.338 e. The number of carbonyl (C=O) groups is 1. The van der Waals surface area contributed by atoms with Crippen molar-refractivity contribution in [3.8, 4) is 0 Å². The van der Waals surface area contributed by atoms with Crippen LogP contribution < -0.4 is 0 Å². The normalized spacial score (nSPS) is 8.42. The molecule has 0 aliphatic heterocycles. The Labute approximate surface area is 112 Å². The van der Waals surface area contributed by atoms with Crippen LogP contribution in [-0.2, 0) is 4.74 Å². The van der Waals surface area contributed by atoms with Crippen LogP contribution in [0, 0.1) is 0 Å². The van der Waals surface area contributed by atoms with Crippen molar-refractivity contribution in [2.24, 2.45) is 0 Å². The van der Waals surface area contributed by atoms with Gasteiger partial charge in [-0.15, -0.1) is 0 Å². The number of esters is 1. The molecule has 1 aromatic carbocycles. The van der Waals surface area contributed by atoms with Gasteiger partial charge in [0.05, 0.1) is 12.2 Å². The van der Waals surface area contributed by atoms with Crippen LogP contribution in [0.2, 0.25) is 0 Å². The van der Waals surface area contributed by atoms with E-state index in [0.717, 1.165) is 0 Å². The zero-order valence-corrected chi connectivity index (χ0v) is 11.6. The summed E-state index contributed by atoms with van der Waals surface area (Å²) < 4.78 is 4.79. The average molecular weight is 288 g/mol. The molecule has 0 bridgehead atoms. The van der Waals surface area contributed by atoms with E-state index >= 15 is 0 Å². The van der Waals surface area contributed by atoms with Gasteiger partial charge in [-0.05, 0) is 19.1 Å². The maximum absolute atomic E-state index is 11.0. The number of ether oxygens (including phenoxy) is 1. The average Bonchev–Trinajstić information content (AvgIpc) is 2.07. The molecule has 0 spiro atoms. The van der Waals surface area contributed by atoms with Gasteiger partial charge in [-0.3, -0.25) is 0 Å². The topological polar surface area (TPSA) is 26.3 Å². The van der Waals surface area contributed by atoms with E-state index in [1.54, 1.807) is 19.1 Å². The first-order valence-corrected chi connectivity index (χ1v) is 3.56. The summed E-state index contributed by atoms with van der Waals surface area (Å²) in [4.78, 5) is 11.0. The molecule has 60 valence electrons. The predicted molar refractivity (Wildman–Crippen MR) is 48.2 cm³/mol. The number of hydrogen-bond donors (Lipinski definition) is 0. The summed E-state index contributed by atoms with van der Waals surface area (Å²) in [5.74, 6) is -0.256. The van der Waals surface area contributed by atoms with E-state index in [1.807, 2.05) is 18.2 Å². The Bertz CT molecular complexity index is 234. The molecular formula is C9H10BaO2. The summed E-state index contributed by atoms with van der Waals surface area (Å²) in [5.41, 5.74) is 0.606. The summed E-state index contributed by atoms with van der Waals surface area (Å²) in [6.45, 7) is 2.22. The first-order valence-electron chi connectivity index (χ1n) is 3.56. The molecule has 0 aromatic heterocycles. The van der Waals surface area contributed by atoms with Crippen molar-refractivity contribution in [1.82, 2.24) is 0 Å². The first-order chi connectivity index (χ1) is 5.34. The van der Waals surface area contributed by atoms with Crippen molar-refractivity contribution in [2.45, 2.75) is 6.92 Å². The van der Waals surface area contributed by atoms with Gasteiger partial charge in [-0.25, -0.2) is 4.79 Å². The third kappa shape index (κ3) is 3.78. The number of benzene rings is 1. The third-order valence-electron chi connectivity index (χ3n) is 1.28. The van der Waals surface area contributed by atoms with Crippen molar-refractivity contribution < 1.29 is 9.53 Å². The van der Waals surface area contributed by atoms with E-state index in [4.69, 9.17) is 4.74 Å². The Morgan fingerprint density at radius 2 is 1.92 bits per heavy atom. The largest absolute Gasteiger partial charge is 0.462 e.